The van der Waals surface area contributed by atoms with Gasteiger partial charge in [-0.05, 0) is 12.1 Å². The third kappa shape index (κ3) is 3.14. The summed E-state index contributed by atoms with van der Waals surface area (Å²) < 4.78 is 10.8. The van der Waals surface area contributed by atoms with Gasteiger partial charge in [-0.2, -0.15) is 0 Å². The first-order chi connectivity index (χ1) is 7.90. The van der Waals surface area contributed by atoms with E-state index in [0.717, 1.165) is 16.9 Å². The number of para-hydroxylation sites is 2. The molecule has 2 aromatic rings. The van der Waals surface area contributed by atoms with Crippen molar-refractivity contribution >= 4 is 34.5 Å². The van der Waals surface area contributed by atoms with Crippen LogP contribution in [0.5, 0.6) is 0 Å². The molecule has 1 heterocycles. The molecule has 5 heteroatoms. The van der Waals surface area contributed by atoms with Crippen LogP contribution in [0.2, 0.25) is 0 Å². The molecule has 0 aliphatic carbocycles. The lowest BCUT2D eigenvalue weighted by Crippen LogP contribution is -1.99. The SMILES string of the molecule is ClCCOCCSc1nc2ccccc2o1. The van der Waals surface area contributed by atoms with Crippen molar-refractivity contribution in [2.75, 3.05) is 24.8 Å². The van der Waals surface area contributed by atoms with Gasteiger partial charge in [0.2, 0.25) is 0 Å². The summed E-state index contributed by atoms with van der Waals surface area (Å²) in [5.74, 6) is 1.36. The molecule has 0 aliphatic rings. The zero-order valence-electron chi connectivity index (χ0n) is 8.69. The minimum Gasteiger partial charge on any atom is -0.431 e. The lowest BCUT2D eigenvalue weighted by Gasteiger charge is -1.98. The fourth-order valence-corrected chi connectivity index (χ4v) is 2.05. The van der Waals surface area contributed by atoms with Gasteiger partial charge in [-0.1, -0.05) is 23.9 Å². The van der Waals surface area contributed by atoms with E-state index in [2.05, 4.69) is 4.98 Å². The molecule has 1 aromatic heterocycles. The van der Waals surface area contributed by atoms with Crippen molar-refractivity contribution in [3.63, 3.8) is 0 Å². The van der Waals surface area contributed by atoms with E-state index in [1.54, 1.807) is 11.8 Å². The van der Waals surface area contributed by atoms with Crippen molar-refractivity contribution in [1.29, 1.82) is 0 Å². The van der Waals surface area contributed by atoms with Gasteiger partial charge in [0.25, 0.3) is 5.22 Å². The summed E-state index contributed by atoms with van der Waals surface area (Å²) in [6, 6.07) is 7.73. The molecule has 0 spiro atoms. The Hall–Kier alpha value is -0.710. The average Bonchev–Trinajstić information content (AvgIpc) is 2.71. The third-order valence-electron chi connectivity index (χ3n) is 1.95. The fourth-order valence-electron chi connectivity index (χ4n) is 1.26. The van der Waals surface area contributed by atoms with Gasteiger partial charge in [0.1, 0.15) is 5.52 Å². The predicted molar refractivity (Wildman–Crippen MR) is 66.3 cm³/mol. The molecule has 0 unspecified atom stereocenters. The van der Waals surface area contributed by atoms with Crippen molar-refractivity contribution in [1.82, 2.24) is 4.98 Å². The van der Waals surface area contributed by atoms with E-state index in [9.17, 15) is 0 Å². The standard InChI is InChI=1S/C11H12ClNO2S/c12-5-6-14-7-8-16-11-13-9-3-1-2-4-10(9)15-11/h1-4H,5-8H2. The van der Waals surface area contributed by atoms with Gasteiger partial charge < -0.3 is 9.15 Å². The Morgan fingerprint density at radius 2 is 2.19 bits per heavy atom. The number of oxazole rings is 1. The number of thioether (sulfide) groups is 1. The minimum atomic E-state index is 0.535. The second-order valence-electron chi connectivity index (χ2n) is 3.10. The highest BCUT2D eigenvalue weighted by Crippen LogP contribution is 2.22. The quantitative estimate of drug-likeness (QED) is 0.452. The summed E-state index contributed by atoms with van der Waals surface area (Å²) >= 11 is 7.04. The highest BCUT2D eigenvalue weighted by molar-refractivity contribution is 7.99. The lowest BCUT2D eigenvalue weighted by molar-refractivity contribution is 0.166. The topological polar surface area (TPSA) is 35.3 Å². The van der Waals surface area contributed by atoms with Crippen LogP contribution in [0.15, 0.2) is 33.9 Å². The molecule has 0 aliphatic heterocycles. The molecule has 0 saturated heterocycles. The predicted octanol–water partition coefficient (Wildman–Crippen LogP) is 3.18. The monoisotopic (exact) mass is 257 g/mol. The molecule has 0 radical (unpaired) electrons. The Bertz CT molecular complexity index is 413. The molecule has 0 bridgehead atoms. The van der Waals surface area contributed by atoms with E-state index in [1.165, 1.54) is 0 Å². The lowest BCUT2D eigenvalue weighted by atomic mass is 10.3. The van der Waals surface area contributed by atoms with E-state index in [-0.39, 0.29) is 0 Å². The summed E-state index contributed by atoms with van der Waals surface area (Å²) in [5, 5.41) is 0.690. The van der Waals surface area contributed by atoms with Crippen LogP contribution in [-0.4, -0.2) is 29.8 Å². The van der Waals surface area contributed by atoms with Crippen molar-refractivity contribution in [3.05, 3.63) is 24.3 Å². The van der Waals surface area contributed by atoms with Gasteiger partial charge in [-0.25, -0.2) is 4.98 Å². The molecule has 0 atom stereocenters. The van der Waals surface area contributed by atoms with Crippen molar-refractivity contribution in [2.24, 2.45) is 0 Å². The molecular formula is C11H12ClNO2S. The van der Waals surface area contributed by atoms with Crippen LogP contribution in [0.4, 0.5) is 0 Å². The number of aromatic nitrogens is 1. The van der Waals surface area contributed by atoms with Crippen molar-refractivity contribution in [2.45, 2.75) is 5.22 Å². The van der Waals surface area contributed by atoms with Gasteiger partial charge in [-0.3, -0.25) is 0 Å². The number of hydrogen-bond donors (Lipinski definition) is 0. The Labute approximate surface area is 103 Å². The molecule has 0 N–H and O–H groups in total. The van der Waals surface area contributed by atoms with Crippen LogP contribution in [0, 0.1) is 0 Å². The largest absolute Gasteiger partial charge is 0.431 e. The maximum absolute atomic E-state index is 5.54. The van der Waals surface area contributed by atoms with Crippen LogP contribution >= 0.6 is 23.4 Å². The van der Waals surface area contributed by atoms with E-state index in [4.69, 9.17) is 20.8 Å². The number of rotatable bonds is 6. The van der Waals surface area contributed by atoms with Crippen LogP contribution in [-0.2, 0) is 4.74 Å². The molecular weight excluding hydrogens is 246 g/mol. The maximum Gasteiger partial charge on any atom is 0.256 e. The zero-order valence-corrected chi connectivity index (χ0v) is 10.3. The minimum absolute atomic E-state index is 0.535. The summed E-state index contributed by atoms with van der Waals surface area (Å²) in [4.78, 5) is 4.35. The van der Waals surface area contributed by atoms with Gasteiger partial charge in [0.15, 0.2) is 5.58 Å². The molecule has 0 fully saturated rings. The Morgan fingerprint density at radius 3 is 3.00 bits per heavy atom. The number of hydrogen-bond acceptors (Lipinski definition) is 4. The molecule has 1 aromatic carbocycles. The van der Waals surface area contributed by atoms with E-state index >= 15 is 0 Å². The number of nitrogens with zero attached hydrogens (tertiary/aromatic N) is 1. The first-order valence-corrected chi connectivity index (χ1v) is 6.54. The molecule has 2 rings (SSSR count). The van der Waals surface area contributed by atoms with E-state index in [1.807, 2.05) is 24.3 Å². The summed E-state index contributed by atoms with van der Waals surface area (Å²) in [5.41, 5.74) is 1.72. The smallest absolute Gasteiger partial charge is 0.256 e. The van der Waals surface area contributed by atoms with Crippen LogP contribution in [0.1, 0.15) is 0 Å². The second-order valence-corrected chi connectivity index (χ2v) is 4.52. The molecule has 0 amide bonds. The van der Waals surface area contributed by atoms with E-state index in [0.29, 0.717) is 24.3 Å². The number of halogens is 1. The number of benzene rings is 1. The van der Waals surface area contributed by atoms with Gasteiger partial charge in [0, 0.05) is 11.6 Å². The maximum atomic E-state index is 5.54. The van der Waals surface area contributed by atoms with Gasteiger partial charge in [-0.15, -0.1) is 11.6 Å². The normalized spacial score (nSPS) is 11.1. The Morgan fingerprint density at radius 1 is 1.31 bits per heavy atom. The van der Waals surface area contributed by atoms with Gasteiger partial charge >= 0.3 is 0 Å². The Balaban J connectivity index is 1.85. The number of alkyl halides is 1. The highest BCUT2D eigenvalue weighted by Gasteiger charge is 2.04. The average molecular weight is 258 g/mol. The first kappa shape index (κ1) is 11.8. The van der Waals surface area contributed by atoms with Crippen LogP contribution in [0.3, 0.4) is 0 Å². The number of ether oxygens (including phenoxy) is 1. The van der Waals surface area contributed by atoms with Crippen LogP contribution in [0.25, 0.3) is 11.1 Å². The summed E-state index contributed by atoms with van der Waals surface area (Å²) in [6.07, 6.45) is 0. The molecule has 16 heavy (non-hydrogen) atoms. The molecule has 86 valence electrons. The van der Waals surface area contributed by atoms with E-state index < -0.39 is 0 Å². The first-order valence-electron chi connectivity index (χ1n) is 5.02. The molecule has 0 saturated carbocycles. The Kier molecular flexibility index (Phi) is 4.51. The second kappa shape index (κ2) is 6.13. The van der Waals surface area contributed by atoms with Crippen LogP contribution < -0.4 is 0 Å². The fraction of sp³-hybridized carbons (Fsp3) is 0.364. The summed E-state index contributed by atoms with van der Waals surface area (Å²) in [7, 11) is 0. The van der Waals surface area contributed by atoms with Crippen molar-refractivity contribution in [3.8, 4) is 0 Å². The zero-order chi connectivity index (χ0) is 11.2. The van der Waals surface area contributed by atoms with Gasteiger partial charge in [0.05, 0.1) is 13.2 Å². The third-order valence-corrected chi connectivity index (χ3v) is 2.90. The van der Waals surface area contributed by atoms with Crippen molar-refractivity contribution < 1.29 is 9.15 Å². The highest BCUT2D eigenvalue weighted by atomic mass is 35.5. The number of fused-ring (bicyclic) bond motifs is 1. The molecule has 3 nitrogen and oxygen atoms in total. The summed E-state index contributed by atoms with van der Waals surface area (Å²) in [6.45, 7) is 1.26.